The van der Waals surface area contributed by atoms with E-state index in [1.165, 1.54) is 16.7 Å². The fourth-order valence-electron chi connectivity index (χ4n) is 2.96. The molecule has 1 aromatic rings. The van der Waals surface area contributed by atoms with Crippen molar-refractivity contribution in [1.29, 1.82) is 0 Å². The molecule has 0 fully saturated rings. The molecule has 142 valence electrons. The molecule has 1 aliphatic heterocycles. The highest BCUT2D eigenvalue weighted by Gasteiger charge is 2.38. The van der Waals surface area contributed by atoms with Gasteiger partial charge in [-0.05, 0) is 43.7 Å². The third-order valence-electron chi connectivity index (χ3n) is 4.16. The summed E-state index contributed by atoms with van der Waals surface area (Å²) in [6.45, 7) is 8.60. The van der Waals surface area contributed by atoms with Crippen LogP contribution in [-0.4, -0.2) is 35.1 Å². The van der Waals surface area contributed by atoms with E-state index in [2.05, 4.69) is 6.92 Å². The Labute approximate surface area is 161 Å². The summed E-state index contributed by atoms with van der Waals surface area (Å²) in [4.78, 5) is 27.7. The number of thioether (sulfide) groups is 1. The second-order valence-electron chi connectivity index (χ2n) is 6.65. The molecule has 0 saturated carbocycles. The Balaban J connectivity index is 2.22. The normalized spacial score (nSPS) is 14.7. The minimum atomic E-state index is -0.167. The molecule has 0 bridgehead atoms. The van der Waals surface area contributed by atoms with Crippen LogP contribution in [0.1, 0.15) is 58.9 Å². The van der Waals surface area contributed by atoms with Gasteiger partial charge >= 0.3 is 0 Å². The summed E-state index contributed by atoms with van der Waals surface area (Å²) in [5.74, 6) is 1.22. The first-order valence-electron chi connectivity index (χ1n) is 9.49. The van der Waals surface area contributed by atoms with Crippen molar-refractivity contribution in [2.75, 3.05) is 12.3 Å². The zero-order chi connectivity index (χ0) is 19.1. The van der Waals surface area contributed by atoms with Gasteiger partial charge in [-0.15, -0.1) is 11.8 Å². The van der Waals surface area contributed by atoms with E-state index in [4.69, 9.17) is 4.74 Å². The number of hydrogen-bond acceptors (Lipinski definition) is 4. The summed E-state index contributed by atoms with van der Waals surface area (Å²) in [5.41, 5.74) is 1.32. The van der Waals surface area contributed by atoms with Gasteiger partial charge in [-0.25, -0.2) is 0 Å². The lowest BCUT2D eigenvalue weighted by atomic mass is 10.1. The number of rotatable bonds is 10. The molecule has 0 N–H and O–H groups in total. The number of hydrogen-bond donors (Lipinski definition) is 0. The van der Waals surface area contributed by atoms with Crippen molar-refractivity contribution < 1.29 is 14.3 Å². The molecule has 1 aromatic carbocycles. The maximum absolute atomic E-state index is 12.9. The topological polar surface area (TPSA) is 46.6 Å². The number of ether oxygens (including phenoxy) is 1. The summed E-state index contributed by atoms with van der Waals surface area (Å²) in [5, 5.41) is 0. The van der Waals surface area contributed by atoms with E-state index < -0.39 is 0 Å². The molecule has 1 heterocycles. The molecule has 0 aromatic heterocycles. The van der Waals surface area contributed by atoms with Gasteiger partial charge in [-0.3, -0.25) is 14.5 Å². The summed E-state index contributed by atoms with van der Waals surface area (Å²) >= 11 is 1.45. The number of nitrogens with zero attached hydrogens (tertiary/aromatic N) is 1. The first-order chi connectivity index (χ1) is 12.5. The van der Waals surface area contributed by atoms with Crippen molar-refractivity contribution in [3.8, 4) is 5.75 Å². The number of unbranched alkanes of at least 4 members (excludes halogenated alkanes) is 3. The van der Waals surface area contributed by atoms with Crippen LogP contribution in [0.4, 0.5) is 0 Å². The molecule has 0 saturated heterocycles. The van der Waals surface area contributed by atoms with Crippen LogP contribution in [0, 0.1) is 0 Å². The molecule has 0 atom stereocenters. The van der Waals surface area contributed by atoms with E-state index in [1.807, 2.05) is 45.0 Å². The summed E-state index contributed by atoms with van der Waals surface area (Å²) in [6.07, 6.45) is 4.27. The van der Waals surface area contributed by atoms with Crippen LogP contribution in [0.25, 0.3) is 5.57 Å². The number of imide groups is 1. The third-order valence-corrected chi connectivity index (χ3v) is 5.12. The van der Waals surface area contributed by atoms with Gasteiger partial charge < -0.3 is 4.74 Å². The number of amides is 2. The largest absolute Gasteiger partial charge is 0.491 e. The SMILES string of the molecule is CCCCCCN1C(=O)C(SCC)=C(c2ccc(OC(C)C)cc2)C1=O. The Morgan fingerprint density at radius 3 is 2.27 bits per heavy atom. The van der Waals surface area contributed by atoms with E-state index in [9.17, 15) is 9.59 Å². The highest BCUT2D eigenvalue weighted by atomic mass is 32.2. The molecular weight excluding hydrogens is 346 g/mol. The monoisotopic (exact) mass is 375 g/mol. The highest BCUT2D eigenvalue weighted by Crippen LogP contribution is 2.36. The van der Waals surface area contributed by atoms with Crippen LogP contribution in [0.15, 0.2) is 29.2 Å². The molecule has 26 heavy (non-hydrogen) atoms. The van der Waals surface area contributed by atoms with Gasteiger partial charge in [0.15, 0.2) is 0 Å². The zero-order valence-electron chi connectivity index (χ0n) is 16.2. The minimum absolute atomic E-state index is 0.0968. The molecule has 2 amide bonds. The average Bonchev–Trinajstić information content (AvgIpc) is 2.83. The number of carbonyl (C=O) groups excluding carboxylic acids is 2. The van der Waals surface area contributed by atoms with Crippen LogP contribution >= 0.6 is 11.8 Å². The molecule has 5 heteroatoms. The number of carbonyl (C=O) groups is 2. The summed E-state index contributed by atoms with van der Waals surface area (Å²) in [6, 6.07) is 7.46. The average molecular weight is 376 g/mol. The fraction of sp³-hybridized carbons (Fsp3) is 0.524. The van der Waals surface area contributed by atoms with Crippen LogP contribution < -0.4 is 4.74 Å². The Morgan fingerprint density at radius 2 is 1.69 bits per heavy atom. The van der Waals surface area contributed by atoms with E-state index in [1.54, 1.807) is 0 Å². The Morgan fingerprint density at radius 1 is 1.00 bits per heavy atom. The van der Waals surface area contributed by atoms with Crippen molar-refractivity contribution in [2.24, 2.45) is 0 Å². The predicted molar refractivity (Wildman–Crippen MR) is 108 cm³/mol. The van der Waals surface area contributed by atoms with E-state index >= 15 is 0 Å². The van der Waals surface area contributed by atoms with Gasteiger partial charge in [0.25, 0.3) is 11.8 Å². The lowest BCUT2D eigenvalue weighted by molar-refractivity contribution is -0.136. The molecular formula is C21H29NO3S. The lowest BCUT2D eigenvalue weighted by Gasteiger charge is -2.15. The molecule has 0 unspecified atom stereocenters. The van der Waals surface area contributed by atoms with Crippen LogP contribution in [0.2, 0.25) is 0 Å². The summed E-state index contributed by atoms with van der Waals surface area (Å²) in [7, 11) is 0. The molecule has 4 nitrogen and oxygen atoms in total. The van der Waals surface area contributed by atoms with Crippen molar-refractivity contribution in [1.82, 2.24) is 4.90 Å². The number of benzene rings is 1. The summed E-state index contributed by atoms with van der Waals surface area (Å²) < 4.78 is 5.67. The van der Waals surface area contributed by atoms with Gasteiger partial charge in [0.05, 0.1) is 16.6 Å². The highest BCUT2D eigenvalue weighted by molar-refractivity contribution is 8.04. The van der Waals surface area contributed by atoms with Crippen molar-refractivity contribution in [3.63, 3.8) is 0 Å². The van der Waals surface area contributed by atoms with Crippen LogP contribution in [0.5, 0.6) is 5.75 Å². The predicted octanol–water partition coefficient (Wildman–Crippen LogP) is 4.89. The Kier molecular flexibility index (Phi) is 7.76. The first-order valence-corrected chi connectivity index (χ1v) is 10.5. The van der Waals surface area contributed by atoms with Crippen molar-refractivity contribution >= 4 is 29.1 Å². The smallest absolute Gasteiger partial charge is 0.267 e. The Bertz CT molecular complexity index is 664. The third kappa shape index (κ3) is 4.91. The second kappa shape index (κ2) is 9.81. The first kappa shape index (κ1) is 20.6. The molecule has 0 aliphatic carbocycles. The van der Waals surface area contributed by atoms with Gasteiger partial charge in [0.1, 0.15) is 5.75 Å². The second-order valence-corrected chi connectivity index (χ2v) is 7.92. The molecule has 1 aliphatic rings. The van der Waals surface area contributed by atoms with E-state index in [0.29, 0.717) is 17.0 Å². The maximum atomic E-state index is 12.9. The van der Waals surface area contributed by atoms with Crippen molar-refractivity contribution in [2.45, 2.75) is 59.5 Å². The van der Waals surface area contributed by atoms with Crippen LogP contribution in [-0.2, 0) is 9.59 Å². The molecule has 0 spiro atoms. The zero-order valence-corrected chi connectivity index (χ0v) is 17.0. The van der Waals surface area contributed by atoms with E-state index in [0.717, 1.165) is 42.7 Å². The Hall–Kier alpha value is -1.75. The quantitative estimate of drug-likeness (QED) is 0.432. The standard InChI is InChI=1S/C21H29NO3S/c1-5-7-8-9-14-22-20(23)18(19(21(22)24)26-6-2)16-10-12-17(13-11-16)25-15(3)4/h10-13,15H,5-9,14H2,1-4H3. The van der Waals surface area contributed by atoms with Crippen molar-refractivity contribution in [3.05, 3.63) is 34.7 Å². The minimum Gasteiger partial charge on any atom is -0.491 e. The fourth-order valence-corrected chi connectivity index (χ4v) is 3.83. The van der Waals surface area contributed by atoms with Gasteiger partial charge in [-0.2, -0.15) is 0 Å². The van der Waals surface area contributed by atoms with E-state index in [-0.39, 0.29) is 17.9 Å². The molecule has 0 radical (unpaired) electrons. The lowest BCUT2D eigenvalue weighted by Crippen LogP contribution is -2.32. The molecule has 2 rings (SSSR count). The van der Waals surface area contributed by atoms with Gasteiger partial charge in [0.2, 0.25) is 0 Å². The van der Waals surface area contributed by atoms with Crippen LogP contribution in [0.3, 0.4) is 0 Å². The van der Waals surface area contributed by atoms with Gasteiger partial charge in [0, 0.05) is 6.54 Å². The van der Waals surface area contributed by atoms with Gasteiger partial charge in [-0.1, -0.05) is 45.2 Å². The maximum Gasteiger partial charge on any atom is 0.267 e.